The van der Waals surface area contributed by atoms with Gasteiger partial charge in [0.25, 0.3) is 0 Å². The fraction of sp³-hybridized carbons (Fsp3) is 0.333. The summed E-state index contributed by atoms with van der Waals surface area (Å²) in [5.74, 6) is 1.25. The van der Waals surface area contributed by atoms with Crippen molar-refractivity contribution in [3.05, 3.63) is 53.5 Å². The van der Waals surface area contributed by atoms with Crippen molar-refractivity contribution in [1.29, 1.82) is 0 Å². The molecule has 0 aliphatic heterocycles. The Morgan fingerprint density at radius 2 is 2.05 bits per heavy atom. The highest BCUT2D eigenvalue weighted by molar-refractivity contribution is 7.98. The maximum absolute atomic E-state index is 13.1. The van der Waals surface area contributed by atoms with Crippen LogP contribution in [-0.2, 0) is 18.5 Å². The van der Waals surface area contributed by atoms with Gasteiger partial charge < -0.3 is 9.73 Å². The summed E-state index contributed by atoms with van der Waals surface area (Å²) in [6.07, 6.45) is -2.79. The number of furan rings is 1. The van der Waals surface area contributed by atoms with Crippen LogP contribution in [0.5, 0.6) is 0 Å². The largest absolute Gasteiger partial charge is 0.468 e. The van der Waals surface area contributed by atoms with E-state index in [2.05, 4.69) is 5.32 Å². The van der Waals surface area contributed by atoms with Crippen molar-refractivity contribution in [2.75, 3.05) is 6.54 Å². The third-order valence-electron chi connectivity index (χ3n) is 2.91. The zero-order valence-electron chi connectivity index (χ0n) is 11.5. The molecular weight excluding hydrogens is 299 g/mol. The van der Waals surface area contributed by atoms with Gasteiger partial charge in [-0.25, -0.2) is 0 Å². The first-order valence-corrected chi connectivity index (χ1v) is 7.55. The van der Waals surface area contributed by atoms with Crippen LogP contribution < -0.4 is 5.32 Å². The van der Waals surface area contributed by atoms with E-state index in [-0.39, 0.29) is 12.1 Å². The molecule has 21 heavy (non-hydrogen) atoms. The molecule has 0 aliphatic rings. The van der Waals surface area contributed by atoms with Crippen molar-refractivity contribution in [2.24, 2.45) is 0 Å². The van der Waals surface area contributed by atoms with Gasteiger partial charge in [-0.05, 0) is 36.4 Å². The van der Waals surface area contributed by atoms with E-state index in [0.717, 1.165) is 5.76 Å². The van der Waals surface area contributed by atoms with Crippen LogP contribution in [0.15, 0.2) is 45.9 Å². The number of thioether (sulfide) groups is 1. The second-order valence-electron chi connectivity index (χ2n) is 4.47. The number of rotatable bonds is 6. The quantitative estimate of drug-likeness (QED) is 0.782. The highest BCUT2D eigenvalue weighted by Gasteiger charge is 2.33. The molecule has 0 spiro atoms. The average molecular weight is 315 g/mol. The summed E-state index contributed by atoms with van der Waals surface area (Å²) in [5, 5.41) is 2.93. The Bertz CT molecular complexity index is 567. The zero-order chi connectivity index (χ0) is 15.3. The molecule has 6 heteroatoms. The zero-order valence-corrected chi connectivity index (χ0v) is 12.4. The third-order valence-corrected chi connectivity index (χ3v) is 3.93. The number of halogens is 3. The Labute approximate surface area is 125 Å². The monoisotopic (exact) mass is 315 g/mol. The SMILES string of the molecule is CCNCc1ccc(SCc2ccco2)cc1C(F)(F)F. The number of benzene rings is 1. The second-order valence-corrected chi connectivity index (χ2v) is 5.51. The number of nitrogens with one attached hydrogen (secondary N) is 1. The van der Waals surface area contributed by atoms with Crippen LogP contribution in [0.2, 0.25) is 0 Å². The minimum Gasteiger partial charge on any atom is -0.468 e. The van der Waals surface area contributed by atoms with Crippen LogP contribution in [0, 0.1) is 0 Å². The number of hydrogen-bond donors (Lipinski definition) is 1. The van der Waals surface area contributed by atoms with Crippen LogP contribution in [0.1, 0.15) is 23.8 Å². The van der Waals surface area contributed by atoms with Crippen molar-refractivity contribution in [2.45, 2.75) is 30.3 Å². The molecule has 1 N–H and O–H groups in total. The van der Waals surface area contributed by atoms with Crippen LogP contribution in [0.4, 0.5) is 13.2 Å². The predicted octanol–water partition coefficient (Wildman–Crippen LogP) is 4.70. The molecule has 0 saturated carbocycles. The minimum absolute atomic E-state index is 0.217. The van der Waals surface area contributed by atoms with Crippen molar-refractivity contribution in [3.8, 4) is 0 Å². The van der Waals surface area contributed by atoms with E-state index < -0.39 is 11.7 Å². The molecule has 0 atom stereocenters. The fourth-order valence-electron chi connectivity index (χ4n) is 1.87. The molecule has 1 aromatic carbocycles. The van der Waals surface area contributed by atoms with Crippen LogP contribution in [-0.4, -0.2) is 6.54 Å². The van der Waals surface area contributed by atoms with E-state index in [1.807, 2.05) is 6.92 Å². The van der Waals surface area contributed by atoms with Gasteiger partial charge in [-0.3, -0.25) is 0 Å². The lowest BCUT2D eigenvalue weighted by Crippen LogP contribution is -2.17. The van der Waals surface area contributed by atoms with Crippen molar-refractivity contribution >= 4 is 11.8 Å². The van der Waals surface area contributed by atoms with Gasteiger partial charge in [-0.2, -0.15) is 13.2 Å². The summed E-state index contributed by atoms with van der Waals surface area (Å²) in [4.78, 5) is 0.582. The molecule has 114 valence electrons. The third kappa shape index (κ3) is 4.54. The van der Waals surface area contributed by atoms with Crippen molar-refractivity contribution in [3.63, 3.8) is 0 Å². The molecule has 0 saturated heterocycles. The smallest absolute Gasteiger partial charge is 0.416 e. The van der Waals surface area contributed by atoms with Gasteiger partial charge in [0, 0.05) is 11.4 Å². The van der Waals surface area contributed by atoms with Gasteiger partial charge in [-0.15, -0.1) is 11.8 Å². The van der Waals surface area contributed by atoms with Crippen molar-refractivity contribution < 1.29 is 17.6 Å². The van der Waals surface area contributed by atoms with E-state index in [0.29, 0.717) is 17.2 Å². The van der Waals surface area contributed by atoms with Crippen LogP contribution in [0.3, 0.4) is 0 Å². The highest BCUT2D eigenvalue weighted by atomic mass is 32.2. The minimum atomic E-state index is -4.34. The summed E-state index contributed by atoms with van der Waals surface area (Å²) in [5.41, 5.74) is -0.306. The highest BCUT2D eigenvalue weighted by Crippen LogP contribution is 2.35. The molecule has 0 bridgehead atoms. The molecular formula is C15H16F3NOS. The molecule has 0 radical (unpaired) electrons. The van der Waals surface area contributed by atoms with Gasteiger partial charge in [0.05, 0.1) is 17.6 Å². The van der Waals surface area contributed by atoms with E-state index in [1.165, 1.54) is 23.9 Å². The number of alkyl halides is 3. The lowest BCUT2D eigenvalue weighted by atomic mass is 10.1. The normalized spacial score (nSPS) is 11.8. The molecule has 0 fully saturated rings. The molecule has 1 heterocycles. The summed E-state index contributed by atoms with van der Waals surface area (Å²) in [6, 6.07) is 8.03. The molecule has 1 aromatic heterocycles. The maximum Gasteiger partial charge on any atom is 0.416 e. The van der Waals surface area contributed by atoms with E-state index >= 15 is 0 Å². The first kappa shape index (κ1) is 16.0. The summed E-state index contributed by atoms with van der Waals surface area (Å²) >= 11 is 1.33. The summed E-state index contributed by atoms with van der Waals surface area (Å²) < 4.78 is 44.5. The maximum atomic E-state index is 13.1. The molecule has 2 aromatic rings. The van der Waals surface area contributed by atoms with Gasteiger partial charge in [-0.1, -0.05) is 13.0 Å². The van der Waals surface area contributed by atoms with Crippen LogP contribution in [0.25, 0.3) is 0 Å². The molecule has 0 amide bonds. The first-order valence-electron chi connectivity index (χ1n) is 6.56. The van der Waals surface area contributed by atoms with Gasteiger partial charge in [0.1, 0.15) is 5.76 Å². The van der Waals surface area contributed by atoms with E-state index in [9.17, 15) is 13.2 Å². The fourth-order valence-corrected chi connectivity index (χ4v) is 2.71. The van der Waals surface area contributed by atoms with Crippen LogP contribution >= 0.6 is 11.8 Å². The Morgan fingerprint density at radius 1 is 1.24 bits per heavy atom. The Hall–Kier alpha value is -1.40. The first-order chi connectivity index (χ1) is 10.0. The Morgan fingerprint density at radius 3 is 2.67 bits per heavy atom. The lowest BCUT2D eigenvalue weighted by molar-refractivity contribution is -0.138. The Balaban J connectivity index is 2.16. The van der Waals surface area contributed by atoms with Gasteiger partial charge in [0.15, 0.2) is 0 Å². The molecule has 2 nitrogen and oxygen atoms in total. The Kier molecular flexibility index (Phi) is 5.36. The topological polar surface area (TPSA) is 25.2 Å². The van der Waals surface area contributed by atoms with Gasteiger partial charge >= 0.3 is 6.18 Å². The average Bonchev–Trinajstić information content (AvgIpc) is 2.95. The molecule has 0 aliphatic carbocycles. The summed E-state index contributed by atoms with van der Waals surface area (Å²) in [7, 11) is 0. The predicted molar refractivity (Wildman–Crippen MR) is 77.1 cm³/mol. The van der Waals surface area contributed by atoms with E-state index in [1.54, 1.807) is 24.5 Å². The standard InChI is InChI=1S/C15H16F3NOS/c1-2-19-9-11-5-6-13(8-14(11)15(16,17)18)21-10-12-4-3-7-20-12/h3-8,19H,2,9-10H2,1H3. The van der Waals surface area contributed by atoms with Gasteiger partial charge in [0.2, 0.25) is 0 Å². The second kappa shape index (κ2) is 7.04. The lowest BCUT2D eigenvalue weighted by Gasteiger charge is -2.14. The molecule has 0 unspecified atom stereocenters. The van der Waals surface area contributed by atoms with Crippen molar-refractivity contribution in [1.82, 2.24) is 5.32 Å². The molecule has 2 rings (SSSR count). The number of hydrogen-bond acceptors (Lipinski definition) is 3. The summed E-state index contributed by atoms with van der Waals surface area (Å²) in [6.45, 7) is 2.71. The van der Waals surface area contributed by atoms with E-state index in [4.69, 9.17) is 4.42 Å².